The van der Waals surface area contributed by atoms with Gasteiger partial charge in [0.25, 0.3) is 0 Å². The molecule has 0 bridgehead atoms. The standard InChI is InChI=1S/C20H19F3N4OS/c21-20(22,23)15-7-8-16-25-26-18(27(16)11-15)29-12-17(28)24-13-19(9-4-10-19)14-5-2-1-3-6-14/h1-3,5-8,11H,4,9-10,12-13H2,(H,24,28). The van der Waals surface area contributed by atoms with Gasteiger partial charge in [0.2, 0.25) is 5.91 Å². The summed E-state index contributed by atoms with van der Waals surface area (Å²) in [6.45, 7) is 0.551. The molecule has 9 heteroatoms. The Morgan fingerprint density at radius 3 is 2.55 bits per heavy atom. The lowest BCUT2D eigenvalue weighted by atomic mass is 9.64. The van der Waals surface area contributed by atoms with Crippen LogP contribution in [0.15, 0.2) is 53.8 Å². The number of nitrogens with one attached hydrogen (secondary N) is 1. The smallest absolute Gasteiger partial charge is 0.354 e. The van der Waals surface area contributed by atoms with Gasteiger partial charge in [0, 0.05) is 18.2 Å². The zero-order valence-corrected chi connectivity index (χ0v) is 16.3. The number of carbonyl (C=O) groups excluding carboxylic acids is 1. The lowest BCUT2D eigenvalue weighted by molar-refractivity contribution is -0.137. The fourth-order valence-corrected chi connectivity index (χ4v) is 4.29. The van der Waals surface area contributed by atoms with Crippen LogP contribution < -0.4 is 5.32 Å². The molecule has 1 amide bonds. The van der Waals surface area contributed by atoms with E-state index >= 15 is 0 Å². The lowest BCUT2D eigenvalue weighted by Crippen LogP contribution is -2.46. The molecule has 152 valence electrons. The van der Waals surface area contributed by atoms with Crippen molar-refractivity contribution < 1.29 is 18.0 Å². The van der Waals surface area contributed by atoms with E-state index < -0.39 is 11.7 Å². The van der Waals surface area contributed by atoms with Gasteiger partial charge >= 0.3 is 6.18 Å². The van der Waals surface area contributed by atoms with Crippen LogP contribution in [0.4, 0.5) is 13.2 Å². The number of halogens is 3. The third-order valence-electron chi connectivity index (χ3n) is 5.35. The van der Waals surface area contributed by atoms with Gasteiger partial charge < -0.3 is 5.32 Å². The van der Waals surface area contributed by atoms with E-state index in [0.29, 0.717) is 12.2 Å². The molecule has 1 aliphatic carbocycles. The van der Waals surface area contributed by atoms with Gasteiger partial charge in [0.15, 0.2) is 10.8 Å². The molecule has 4 rings (SSSR count). The Kier molecular flexibility index (Phi) is 5.24. The molecular formula is C20H19F3N4OS. The largest absolute Gasteiger partial charge is 0.417 e. The molecule has 0 atom stereocenters. The Labute approximate surface area is 169 Å². The van der Waals surface area contributed by atoms with Gasteiger partial charge in [-0.15, -0.1) is 10.2 Å². The number of fused-ring (bicyclic) bond motifs is 1. The summed E-state index contributed by atoms with van der Waals surface area (Å²) in [6.07, 6.45) is -0.313. The van der Waals surface area contributed by atoms with Crippen molar-refractivity contribution in [2.45, 2.75) is 36.0 Å². The van der Waals surface area contributed by atoms with Crippen LogP contribution in [0.25, 0.3) is 5.65 Å². The summed E-state index contributed by atoms with van der Waals surface area (Å²) in [5.74, 6) is -0.122. The zero-order chi connectivity index (χ0) is 20.5. The molecule has 29 heavy (non-hydrogen) atoms. The number of pyridine rings is 1. The van der Waals surface area contributed by atoms with Gasteiger partial charge in [-0.1, -0.05) is 48.5 Å². The molecule has 1 aromatic carbocycles. The highest BCUT2D eigenvalue weighted by atomic mass is 32.2. The van der Waals surface area contributed by atoms with E-state index in [1.165, 1.54) is 16.0 Å². The molecule has 0 saturated heterocycles. The number of rotatable bonds is 6. The summed E-state index contributed by atoms with van der Waals surface area (Å²) in [4.78, 5) is 12.3. The van der Waals surface area contributed by atoms with Crippen molar-refractivity contribution in [1.82, 2.24) is 19.9 Å². The molecule has 0 unspecified atom stereocenters. The normalized spacial score (nSPS) is 15.8. The average molecular weight is 420 g/mol. The van der Waals surface area contributed by atoms with Gasteiger partial charge in [-0.25, -0.2) is 0 Å². The number of hydrogen-bond acceptors (Lipinski definition) is 4. The Morgan fingerprint density at radius 1 is 1.14 bits per heavy atom. The number of aromatic nitrogens is 3. The van der Waals surface area contributed by atoms with Gasteiger partial charge in [-0.2, -0.15) is 13.2 Å². The molecule has 0 radical (unpaired) electrons. The first-order chi connectivity index (χ1) is 13.9. The minimum atomic E-state index is -4.45. The number of carbonyl (C=O) groups is 1. The minimum absolute atomic E-state index is 0.0231. The molecule has 5 nitrogen and oxygen atoms in total. The fraction of sp³-hybridized carbons (Fsp3) is 0.350. The van der Waals surface area contributed by atoms with Crippen molar-refractivity contribution in [2.75, 3.05) is 12.3 Å². The van der Waals surface area contributed by atoms with Gasteiger partial charge in [0.1, 0.15) is 0 Å². The van der Waals surface area contributed by atoms with Crippen molar-refractivity contribution in [1.29, 1.82) is 0 Å². The molecule has 0 aliphatic heterocycles. The van der Waals surface area contributed by atoms with Crippen LogP contribution in [0.3, 0.4) is 0 Å². The summed E-state index contributed by atoms with van der Waals surface area (Å²) in [5, 5.41) is 11.0. The van der Waals surface area contributed by atoms with Crippen LogP contribution in [0.1, 0.15) is 30.4 Å². The predicted octanol–water partition coefficient (Wildman–Crippen LogP) is 4.08. The van der Waals surface area contributed by atoms with Crippen LogP contribution >= 0.6 is 11.8 Å². The van der Waals surface area contributed by atoms with E-state index in [0.717, 1.165) is 43.3 Å². The third-order valence-corrected chi connectivity index (χ3v) is 6.29. The molecule has 1 N–H and O–H groups in total. The maximum absolute atomic E-state index is 12.9. The summed E-state index contributed by atoms with van der Waals surface area (Å²) >= 11 is 1.07. The van der Waals surface area contributed by atoms with E-state index in [1.807, 2.05) is 18.2 Å². The molecular weight excluding hydrogens is 401 g/mol. The Balaban J connectivity index is 1.39. The number of hydrogen-bond donors (Lipinski definition) is 1. The molecule has 2 heterocycles. The average Bonchev–Trinajstić information content (AvgIpc) is 3.08. The van der Waals surface area contributed by atoms with Crippen LogP contribution in [-0.4, -0.2) is 32.8 Å². The maximum Gasteiger partial charge on any atom is 0.417 e. The van der Waals surface area contributed by atoms with Crippen LogP contribution in [-0.2, 0) is 16.4 Å². The highest BCUT2D eigenvalue weighted by molar-refractivity contribution is 7.99. The topological polar surface area (TPSA) is 59.3 Å². The second-order valence-corrected chi connectivity index (χ2v) is 8.13. The predicted molar refractivity (Wildman–Crippen MR) is 104 cm³/mol. The molecule has 1 aliphatic rings. The van der Waals surface area contributed by atoms with E-state index in [-0.39, 0.29) is 22.2 Å². The molecule has 1 fully saturated rings. The van der Waals surface area contributed by atoms with Crippen molar-refractivity contribution >= 4 is 23.3 Å². The molecule has 2 aromatic heterocycles. The quantitative estimate of drug-likeness (QED) is 0.611. The first kappa shape index (κ1) is 19.8. The van der Waals surface area contributed by atoms with Gasteiger partial charge in [-0.3, -0.25) is 9.20 Å². The van der Waals surface area contributed by atoms with Crippen molar-refractivity contribution in [2.24, 2.45) is 0 Å². The highest BCUT2D eigenvalue weighted by Gasteiger charge is 2.38. The van der Waals surface area contributed by atoms with Crippen molar-refractivity contribution in [3.63, 3.8) is 0 Å². The highest BCUT2D eigenvalue weighted by Crippen LogP contribution is 2.43. The first-order valence-electron chi connectivity index (χ1n) is 9.24. The van der Waals surface area contributed by atoms with E-state index in [9.17, 15) is 18.0 Å². The van der Waals surface area contributed by atoms with Crippen LogP contribution in [0.2, 0.25) is 0 Å². The van der Waals surface area contributed by atoms with Crippen LogP contribution in [0, 0.1) is 0 Å². The first-order valence-corrected chi connectivity index (χ1v) is 10.2. The minimum Gasteiger partial charge on any atom is -0.354 e. The van der Waals surface area contributed by atoms with Crippen LogP contribution in [0.5, 0.6) is 0 Å². The second kappa shape index (κ2) is 7.70. The fourth-order valence-electron chi connectivity index (χ4n) is 3.55. The monoisotopic (exact) mass is 420 g/mol. The Hall–Kier alpha value is -2.55. The number of benzene rings is 1. The number of amides is 1. The van der Waals surface area contributed by atoms with Gasteiger partial charge in [0.05, 0.1) is 11.3 Å². The molecule has 3 aromatic rings. The van der Waals surface area contributed by atoms with Crippen molar-refractivity contribution in [3.05, 3.63) is 59.8 Å². The van der Waals surface area contributed by atoms with E-state index in [2.05, 4.69) is 27.6 Å². The van der Waals surface area contributed by atoms with Crippen molar-refractivity contribution in [3.8, 4) is 0 Å². The second-order valence-electron chi connectivity index (χ2n) is 7.19. The number of nitrogens with zero attached hydrogens (tertiary/aromatic N) is 3. The summed E-state index contributed by atoms with van der Waals surface area (Å²) < 4.78 is 40.1. The van der Waals surface area contributed by atoms with E-state index in [1.54, 1.807) is 0 Å². The molecule has 1 saturated carbocycles. The molecule has 0 spiro atoms. The Bertz CT molecular complexity index is 1020. The van der Waals surface area contributed by atoms with Gasteiger partial charge in [-0.05, 0) is 30.5 Å². The Morgan fingerprint density at radius 2 is 1.90 bits per heavy atom. The summed E-state index contributed by atoms with van der Waals surface area (Å²) in [5.41, 5.74) is 0.719. The van der Waals surface area contributed by atoms with E-state index in [4.69, 9.17) is 0 Å². The SMILES string of the molecule is O=C(CSc1nnc2ccc(C(F)(F)F)cn12)NCC1(c2ccccc2)CCC1. The zero-order valence-electron chi connectivity index (χ0n) is 15.4. The third kappa shape index (κ3) is 4.10. The summed E-state index contributed by atoms with van der Waals surface area (Å²) in [7, 11) is 0. The lowest BCUT2D eigenvalue weighted by Gasteiger charge is -2.42. The maximum atomic E-state index is 12.9. The summed E-state index contributed by atoms with van der Waals surface area (Å²) in [6, 6.07) is 12.4. The number of alkyl halides is 3. The number of thioether (sulfide) groups is 1.